The fourth-order valence-corrected chi connectivity index (χ4v) is 2.80. The fraction of sp³-hybridized carbons (Fsp3) is 0.889. The zero-order valence-corrected chi connectivity index (χ0v) is 16.3. The lowest BCUT2D eigenvalue weighted by Crippen LogP contribution is -2.59. The van der Waals surface area contributed by atoms with Gasteiger partial charge < -0.3 is 41.0 Å². The van der Waals surface area contributed by atoms with Crippen LogP contribution in [0.15, 0.2) is 0 Å². The molecule has 0 bridgehead atoms. The van der Waals surface area contributed by atoms with Crippen molar-refractivity contribution in [1.29, 1.82) is 0 Å². The third-order valence-electron chi connectivity index (χ3n) is 4.71. The molecule has 28 heavy (non-hydrogen) atoms. The number of Topliss-reactive ketones (excluding diaryl/α,β-unsaturated/α-hetero) is 1. The van der Waals surface area contributed by atoms with Crippen LogP contribution in [0, 0.1) is 0 Å². The van der Waals surface area contributed by atoms with E-state index in [1.807, 2.05) is 0 Å². The highest BCUT2D eigenvalue weighted by atomic mass is 16.7. The van der Waals surface area contributed by atoms with Gasteiger partial charge in [-0.05, 0) is 39.0 Å². The van der Waals surface area contributed by atoms with Gasteiger partial charge in [-0.2, -0.15) is 0 Å². The molecule has 0 aliphatic carbocycles. The Labute approximate surface area is 165 Å². The molecule has 0 aromatic heterocycles. The summed E-state index contributed by atoms with van der Waals surface area (Å²) in [5.41, 5.74) is 5.63. The molecule has 6 atom stereocenters. The SMILES string of the molecule is CC(=O)[C@H](N)CCCCNC(=O)CCCCOC1OC(CO)C(O)C(O)C1O. The number of carbonyl (C=O) groups excluding carboxylic acids is 2. The molecular weight excluding hydrogens is 372 g/mol. The van der Waals surface area contributed by atoms with E-state index >= 15 is 0 Å². The molecule has 1 amide bonds. The van der Waals surface area contributed by atoms with E-state index < -0.39 is 43.4 Å². The number of hydrogen-bond donors (Lipinski definition) is 6. The van der Waals surface area contributed by atoms with Gasteiger partial charge in [-0.15, -0.1) is 0 Å². The average molecular weight is 406 g/mol. The smallest absolute Gasteiger partial charge is 0.219 e. The molecule has 1 aliphatic heterocycles. The second-order valence-corrected chi connectivity index (χ2v) is 7.09. The number of ketones is 1. The number of nitrogens with one attached hydrogen (secondary N) is 1. The first-order valence-corrected chi connectivity index (χ1v) is 9.72. The molecule has 1 saturated heterocycles. The monoisotopic (exact) mass is 406 g/mol. The number of amides is 1. The summed E-state index contributed by atoms with van der Waals surface area (Å²) in [6, 6.07) is -0.431. The number of nitrogens with two attached hydrogens (primary N) is 1. The second kappa shape index (κ2) is 13.2. The van der Waals surface area contributed by atoms with Crippen LogP contribution in [0.5, 0.6) is 0 Å². The highest BCUT2D eigenvalue weighted by Gasteiger charge is 2.43. The summed E-state index contributed by atoms with van der Waals surface area (Å²) in [7, 11) is 0. The van der Waals surface area contributed by atoms with Gasteiger partial charge in [0.15, 0.2) is 6.29 Å². The normalized spacial score (nSPS) is 28.7. The van der Waals surface area contributed by atoms with Crippen molar-refractivity contribution in [2.45, 2.75) is 82.2 Å². The minimum absolute atomic E-state index is 0.0324. The Morgan fingerprint density at radius 1 is 1.11 bits per heavy atom. The Morgan fingerprint density at radius 3 is 2.46 bits per heavy atom. The van der Waals surface area contributed by atoms with Crippen molar-refractivity contribution in [2.24, 2.45) is 5.73 Å². The number of hydrogen-bond acceptors (Lipinski definition) is 9. The van der Waals surface area contributed by atoms with Crippen molar-refractivity contribution in [3.63, 3.8) is 0 Å². The van der Waals surface area contributed by atoms with Gasteiger partial charge in [0.1, 0.15) is 30.2 Å². The van der Waals surface area contributed by atoms with Gasteiger partial charge in [0.2, 0.25) is 5.91 Å². The van der Waals surface area contributed by atoms with Gasteiger partial charge in [0.25, 0.3) is 0 Å². The molecule has 10 heteroatoms. The number of carbonyl (C=O) groups is 2. The van der Waals surface area contributed by atoms with E-state index in [4.69, 9.17) is 20.3 Å². The largest absolute Gasteiger partial charge is 0.394 e. The molecule has 0 radical (unpaired) electrons. The summed E-state index contributed by atoms with van der Waals surface area (Å²) >= 11 is 0. The molecule has 1 heterocycles. The third kappa shape index (κ3) is 8.48. The lowest BCUT2D eigenvalue weighted by molar-refractivity contribution is -0.301. The summed E-state index contributed by atoms with van der Waals surface area (Å²) in [6.07, 6.45) is -2.88. The summed E-state index contributed by atoms with van der Waals surface area (Å²) in [5, 5.41) is 41.1. The zero-order valence-electron chi connectivity index (χ0n) is 16.3. The molecule has 0 spiro atoms. The predicted octanol–water partition coefficient (Wildman–Crippen LogP) is -1.82. The molecule has 1 rings (SSSR count). The average Bonchev–Trinajstić information content (AvgIpc) is 2.66. The summed E-state index contributed by atoms with van der Waals surface area (Å²) in [5.74, 6) is -0.112. The number of ether oxygens (including phenoxy) is 2. The van der Waals surface area contributed by atoms with Gasteiger partial charge in [0.05, 0.1) is 12.6 Å². The minimum atomic E-state index is -1.47. The molecule has 1 aliphatic rings. The maximum atomic E-state index is 11.7. The quantitative estimate of drug-likeness (QED) is 0.193. The van der Waals surface area contributed by atoms with E-state index in [0.29, 0.717) is 32.2 Å². The van der Waals surface area contributed by atoms with Crippen LogP contribution in [0.25, 0.3) is 0 Å². The summed E-state index contributed by atoms with van der Waals surface area (Å²) in [4.78, 5) is 22.7. The Morgan fingerprint density at radius 2 is 1.82 bits per heavy atom. The van der Waals surface area contributed by atoms with Crippen LogP contribution >= 0.6 is 0 Å². The van der Waals surface area contributed by atoms with E-state index in [1.54, 1.807) is 0 Å². The standard InChI is InChI=1S/C18H34N2O8/c1-11(22)12(19)6-2-4-8-20-14(23)7-3-5-9-27-18-17(26)16(25)15(24)13(10-21)28-18/h12-13,15-18,21,24-26H,2-10,19H2,1H3,(H,20,23)/t12-,13?,15?,16?,17?,18?/m1/s1. The summed E-state index contributed by atoms with van der Waals surface area (Å²) < 4.78 is 10.6. The first-order valence-electron chi connectivity index (χ1n) is 9.72. The van der Waals surface area contributed by atoms with Crippen LogP contribution in [-0.2, 0) is 19.1 Å². The first kappa shape index (κ1) is 24.9. The van der Waals surface area contributed by atoms with Crippen LogP contribution < -0.4 is 11.1 Å². The van der Waals surface area contributed by atoms with Crippen molar-refractivity contribution >= 4 is 11.7 Å². The molecule has 0 aromatic rings. The van der Waals surface area contributed by atoms with Gasteiger partial charge in [-0.3, -0.25) is 9.59 Å². The fourth-order valence-electron chi connectivity index (χ4n) is 2.80. The van der Waals surface area contributed by atoms with Gasteiger partial charge in [0, 0.05) is 19.6 Å². The Bertz CT molecular complexity index is 477. The van der Waals surface area contributed by atoms with E-state index in [0.717, 1.165) is 12.8 Å². The van der Waals surface area contributed by atoms with Crippen molar-refractivity contribution in [3.8, 4) is 0 Å². The molecule has 0 aromatic carbocycles. The van der Waals surface area contributed by atoms with Crippen molar-refractivity contribution in [3.05, 3.63) is 0 Å². The van der Waals surface area contributed by atoms with Gasteiger partial charge in [-0.1, -0.05) is 0 Å². The number of unbranched alkanes of at least 4 members (excludes halogenated alkanes) is 2. The molecule has 5 unspecified atom stereocenters. The van der Waals surface area contributed by atoms with Gasteiger partial charge >= 0.3 is 0 Å². The van der Waals surface area contributed by atoms with E-state index in [-0.39, 0.29) is 18.3 Å². The predicted molar refractivity (Wildman–Crippen MR) is 99.1 cm³/mol. The van der Waals surface area contributed by atoms with Crippen LogP contribution in [0.3, 0.4) is 0 Å². The van der Waals surface area contributed by atoms with Crippen molar-refractivity contribution < 1.29 is 39.5 Å². The van der Waals surface area contributed by atoms with Crippen LogP contribution in [0.2, 0.25) is 0 Å². The van der Waals surface area contributed by atoms with Crippen LogP contribution in [0.4, 0.5) is 0 Å². The molecule has 1 fully saturated rings. The minimum Gasteiger partial charge on any atom is -0.394 e. The molecular formula is C18H34N2O8. The number of aliphatic hydroxyl groups excluding tert-OH is 4. The molecule has 164 valence electrons. The van der Waals surface area contributed by atoms with E-state index in [1.165, 1.54) is 6.92 Å². The Balaban J connectivity index is 2.09. The molecule has 10 nitrogen and oxygen atoms in total. The van der Waals surface area contributed by atoms with E-state index in [9.17, 15) is 24.9 Å². The van der Waals surface area contributed by atoms with Crippen molar-refractivity contribution in [1.82, 2.24) is 5.32 Å². The Kier molecular flexibility index (Phi) is 11.7. The van der Waals surface area contributed by atoms with Crippen LogP contribution in [-0.4, -0.2) is 88.6 Å². The Hall–Kier alpha value is -1.14. The molecule has 7 N–H and O–H groups in total. The highest BCUT2D eigenvalue weighted by molar-refractivity contribution is 5.81. The molecule has 0 saturated carbocycles. The first-order chi connectivity index (χ1) is 13.3. The summed E-state index contributed by atoms with van der Waals surface area (Å²) in [6.45, 7) is 1.68. The third-order valence-corrected chi connectivity index (χ3v) is 4.71. The van der Waals surface area contributed by atoms with Crippen molar-refractivity contribution in [2.75, 3.05) is 19.8 Å². The lowest BCUT2D eigenvalue weighted by atomic mass is 9.99. The number of aliphatic hydroxyl groups is 4. The second-order valence-electron chi connectivity index (χ2n) is 7.09. The zero-order chi connectivity index (χ0) is 21.1. The maximum Gasteiger partial charge on any atom is 0.219 e. The van der Waals surface area contributed by atoms with E-state index in [2.05, 4.69) is 5.32 Å². The van der Waals surface area contributed by atoms with Gasteiger partial charge in [-0.25, -0.2) is 0 Å². The topological polar surface area (TPSA) is 172 Å². The van der Waals surface area contributed by atoms with Crippen LogP contribution in [0.1, 0.15) is 45.4 Å². The highest BCUT2D eigenvalue weighted by Crippen LogP contribution is 2.22. The maximum absolute atomic E-state index is 11.7. The lowest BCUT2D eigenvalue weighted by Gasteiger charge is -2.39. The number of rotatable bonds is 13.